The van der Waals surface area contributed by atoms with Gasteiger partial charge in [-0.2, -0.15) is 5.10 Å². The third-order valence-corrected chi connectivity index (χ3v) is 4.52. The largest absolute Gasteiger partial charge is 0.453 e. The molecule has 0 radical (unpaired) electrons. The monoisotopic (exact) mass is 340 g/mol. The van der Waals surface area contributed by atoms with Crippen LogP contribution in [0.25, 0.3) is 21.9 Å². The van der Waals surface area contributed by atoms with Gasteiger partial charge in [0.2, 0.25) is 0 Å². The number of hydrogen-bond donors (Lipinski definition) is 2. The summed E-state index contributed by atoms with van der Waals surface area (Å²) in [5, 5.41) is 7.10. The second-order valence-corrected chi connectivity index (χ2v) is 6.04. The molecular formula is C15H12N6O2S. The van der Waals surface area contributed by atoms with Crippen LogP contribution in [0.1, 0.15) is 21.2 Å². The van der Waals surface area contributed by atoms with Crippen molar-refractivity contribution in [2.45, 2.75) is 13.5 Å². The van der Waals surface area contributed by atoms with E-state index in [1.807, 2.05) is 24.3 Å². The molecule has 0 atom stereocenters. The Morgan fingerprint density at radius 1 is 1.29 bits per heavy atom. The zero-order valence-corrected chi connectivity index (χ0v) is 13.4. The van der Waals surface area contributed by atoms with E-state index in [0.717, 1.165) is 11.0 Å². The third-order valence-electron chi connectivity index (χ3n) is 3.38. The van der Waals surface area contributed by atoms with Crippen LogP contribution >= 0.6 is 11.3 Å². The molecular weight excluding hydrogens is 328 g/mol. The van der Waals surface area contributed by atoms with Crippen molar-refractivity contribution in [3.8, 4) is 10.8 Å². The Bertz CT molecular complexity index is 971. The predicted octanol–water partition coefficient (Wildman–Crippen LogP) is 2.47. The van der Waals surface area contributed by atoms with Gasteiger partial charge in [-0.1, -0.05) is 12.1 Å². The molecule has 120 valence electrons. The van der Waals surface area contributed by atoms with Gasteiger partial charge < -0.3 is 9.72 Å². The van der Waals surface area contributed by atoms with Gasteiger partial charge in [0.1, 0.15) is 23.6 Å². The fourth-order valence-electron chi connectivity index (χ4n) is 2.27. The van der Waals surface area contributed by atoms with Crippen LogP contribution in [0.15, 0.2) is 30.6 Å². The quantitative estimate of drug-likeness (QED) is 0.552. The number of ether oxygens (including phenoxy) is 1. The Morgan fingerprint density at radius 2 is 2.17 bits per heavy atom. The lowest BCUT2D eigenvalue weighted by atomic mass is 10.3. The van der Waals surface area contributed by atoms with Crippen LogP contribution in [-0.4, -0.2) is 36.1 Å². The van der Waals surface area contributed by atoms with Crippen molar-refractivity contribution in [1.82, 2.24) is 30.1 Å². The molecule has 2 N–H and O–H groups in total. The predicted molar refractivity (Wildman–Crippen MR) is 87.4 cm³/mol. The number of esters is 1. The van der Waals surface area contributed by atoms with Gasteiger partial charge in [-0.25, -0.2) is 19.7 Å². The molecule has 1 aromatic carbocycles. The first-order valence-corrected chi connectivity index (χ1v) is 7.96. The maximum absolute atomic E-state index is 12.3. The number of carbonyl (C=O) groups is 1. The fraction of sp³-hybridized carbons (Fsp3) is 0.133. The van der Waals surface area contributed by atoms with Crippen LogP contribution in [0.4, 0.5) is 0 Å². The maximum Gasteiger partial charge on any atom is 0.350 e. The number of para-hydroxylation sites is 2. The van der Waals surface area contributed by atoms with Crippen molar-refractivity contribution in [1.29, 1.82) is 0 Å². The van der Waals surface area contributed by atoms with Gasteiger partial charge in [0, 0.05) is 0 Å². The second kappa shape index (κ2) is 5.85. The van der Waals surface area contributed by atoms with Gasteiger partial charge in [-0.15, -0.1) is 11.3 Å². The Hall–Kier alpha value is -3.07. The molecule has 3 heterocycles. The summed E-state index contributed by atoms with van der Waals surface area (Å²) < 4.78 is 5.35. The number of hydrogen-bond acceptors (Lipinski definition) is 7. The highest BCUT2D eigenvalue weighted by Crippen LogP contribution is 2.26. The van der Waals surface area contributed by atoms with Crippen LogP contribution in [-0.2, 0) is 11.3 Å². The van der Waals surface area contributed by atoms with E-state index in [4.69, 9.17) is 4.74 Å². The Kier molecular flexibility index (Phi) is 3.54. The summed E-state index contributed by atoms with van der Waals surface area (Å²) in [7, 11) is 0. The number of carbonyl (C=O) groups excluding carboxylic acids is 1. The van der Waals surface area contributed by atoms with Gasteiger partial charge in [0.25, 0.3) is 0 Å². The molecule has 0 fully saturated rings. The number of aromatic nitrogens is 6. The number of H-pyrrole nitrogens is 2. The average Bonchev–Trinajstić information content (AvgIpc) is 3.31. The molecule has 8 nitrogen and oxygen atoms in total. The summed E-state index contributed by atoms with van der Waals surface area (Å²) in [6.07, 6.45) is 1.39. The fourth-order valence-corrected chi connectivity index (χ4v) is 3.18. The molecule has 0 spiro atoms. The van der Waals surface area contributed by atoms with E-state index >= 15 is 0 Å². The molecule has 0 aliphatic rings. The van der Waals surface area contributed by atoms with E-state index < -0.39 is 5.97 Å². The Labute approximate surface area is 140 Å². The summed E-state index contributed by atoms with van der Waals surface area (Å²) in [6, 6.07) is 7.64. The van der Waals surface area contributed by atoms with E-state index in [0.29, 0.717) is 27.2 Å². The first-order chi connectivity index (χ1) is 11.7. The van der Waals surface area contributed by atoms with Crippen LogP contribution in [0.5, 0.6) is 0 Å². The maximum atomic E-state index is 12.3. The van der Waals surface area contributed by atoms with Gasteiger partial charge in [0.15, 0.2) is 10.8 Å². The van der Waals surface area contributed by atoms with Crippen molar-refractivity contribution in [3.05, 3.63) is 47.0 Å². The number of aryl methyl sites for hydroxylation is 1. The lowest BCUT2D eigenvalue weighted by Crippen LogP contribution is -2.05. The minimum absolute atomic E-state index is 0.0719. The van der Waals surface area contributed by atoms with Crippen LogP contribution in [0.2, 0.25) is 0 Å². The molecule has 0 aliphatic heterocycles. The number of rotatable bonds is 4. The normalized spacial score (nSPS) is 11.0. The molecule has 0 aliphatic carbocycles. The van der Waals surface area contributed by atoms with E-state index in [-0.39, 0.29) is 6.61 Å². The second-order valence-electron chi connectivity index (χ2n) is 5.04. The molecule has 0 bridgehead atoms. The van der Waals surface area contributed by atoms with E-state index in [1.54, 1.807) is 6.92 Å². The number of nitrogens with one attached hydrogen (secondary N) is 2. The molecule has 0 saturated carbocycles. The molecule has 4 rings (SSSR count). The molecule has 4 aromatic rings. The zero-order chi connectivity index (χ0) is 16.5. The summed E-state index contributed by atoms with van der Waals surface area (Å²) in [5.41, 5.74) is 2.34. The lowest BCUT2D eigenvalue weighted by molar-refractivity contribution is 0.0468. The van der Waals surface area contributed by atoms with E-state index in [2.05, 4.69) is 30.1 Å². The highest BCUT2D eigenvalue weighted by atomic mass is 32.1. The lowest BCUT2D eigenvalue weighted by Gasteiger charge is -2.00. The molecule has 9 heteroatoms. The standard InChI is InChI=1S/C15H12N6O2S/c1-8-12(24-14(18-8)13-16-7-17-21-13)15(22)23-6-11-19-9-4-2-3-5-10(9)20-11/h2-5,7H,6H2,1H3,(H,19,20)(H,16,17,21). The molecule has 24 heavy (non-hydrogen) atoms. The first-order valence-electron chi connectivity index (χ1n) is 7.14. The number of nitrogens with zero attached hydrogens (tertiary/aromatic N) is 4. The van der Waals surface area contributed by atoms with Crippen molar-refractivity contribution < 1.29 is 9.53 Å². The average molecular weight is 340 g/mol. The van der Waals surface area contributed by atoms with Crippen LogP contribution in [0, 0.1) is 6.92 Å². The minimum Gasteiger partial charge on any atom is -0.453 e. The number of imidazole rings is 1. The van der Waals surface area contributed by atoms with Gasteiger partial charge in [0.05, 0.1) is 16.7 Å². The van der Waals surface area contributed by atoms with Crippen molar-refractivity contribution in [2.24, 2.45) is 0 Å². The Balaban J connectivity index is 1.50. The SMILES string of the molecule is Cc1nc(-c2ncn[nH]2)sc1C(=O)OCc1nc2ccccc2[nH]1. The zero-order valence-electron chi connectivity index (χ0n) is 12.6. The van der Waals surface area contributed by atoms with Gasteiger partial charge in [-0.05, 0) is 19.1 Å². The summed E-state index contributed by atoms with van der Waals surface area (Å²) in [6.45, 7) is 1.83. The van der Waals surface area contributed by atoms with Crippen LogP contribution < -0.4 is 0 Å². The highest BCUT2D eigenvalue weighted by molar-refractivity contribution is 7.16. The third kappa shape index (κ3) is 2.65. The first kappa shape index (κ1) is 14.5. The highest BCUT2D eigenvalue weighted by Gasteiger charge is 2.19. The van der Waals surface area contributed by atoms with Gasteiger partial charge >= 0.3 is 5.97 Å². The van der Waals surface area contributed by atoms with Crippen molar-refractivity contribution in [2.75, 3.05) is 0 Å². The van der Waals surface area contributed by atoms with Gasteiger partial charge in [-0.3, -0.25) is 5.10 Å². The molecule has 0 amide bonds. The smallest absolute Gasteiger partial charge is 0.350 e. The number of thiazole rings is 1. The number of aromatic amines is 2. The summed E-state index contributed by atoms with van der Waals surface area (Å²) in [5.74, 6) is 0.692. The number of fused-ring (bicyclic) bond motifs is 1. The topological polar surface area (TPSA) is 109 Å². The molecule has 0 unspecified atom stereocenters. The van der Waals surface area contributed by atoms with E-state index in [9.17, 15) is 4.79 Å². The Morgan fingerprint density at radius 3 is 2.96 bits per heavy atom. The summed E-state index contributed by atoms with van der Waals surface area (Å²) >= 11 is 1.22. The molecule has 3 aromatic heterocycles. The minimum atomic E-state index is -0.434. The van der Waals surface area contributed by atoms with Crippen LogP contribution in [0.3, 0.4) is 0 Å². The number of benzene rings is 1. The van der Waals surface area contributed by atoms with Crippen molar-refractivity contribution >= 4 is 28.3 Å². The molecule has 0 saturated heterocycles. The van der Waals surface area contributed by atoms with E-state index in [1.165, 1.54) is 17.7 Å². The summed E-state index contributed by atoms with van der Waals surface area (Å²) in [4.78, 5) is 28.6. The van der Waals surface area contributed by atoms with Crippen molar-refractivity contribution in [3.63, 3.8) is 0 Å².